The number of pyridine rings is 1. The van der Waals surface area contributed by atoms with Crippen molar-refractivity contribution in [2.24, 2.45) is 5.92 Å². The van der Waals surface area contributed by atoms with Crippen LogP contribution in [-0.2, 0) is 24.3 Å². The average molecular weight is 412 g/mol. The van der Waals surface area contributed by atoms with E-state index in [0.29, 0.717) is 18.3 Å². The van der Waals surface area contributed by atoms with Crippen LogP contribution < -0.4 is 5.56 Å². The summed E-state index contributed by atoms with van der Waals surface area (Å²) in [6.07, 6.45) is 4.99. The second kappa shape index (κ2) is 8.07. The smallest absolute Gasteiger partial charge is 0.255 e. The Kier molecular flexibility index (Phi) is 5.31. The van der Waals surface area contributed by atoms with Crippen LogP contribution in [0.1, 0.15) is 48.4 Å². The first-order valence-corrected chi connectivity index (χ1v) is 11.9. The molecule has 0 saturated carbocycles. The maximum Gasteiger partial charge on any atom is 0.255 e. The van der Waals surface area contributed by atoms with Gasteiger partial charge in [0.15, 0.2) is 0 Å². The first-order chi connectivity index (χ1) is 14.2. The lowest BCUT2D eigenvalue weighted by Gasteiger charge is -2.43. The second-order valence-corrected chi connectivity index (χ2v) is 9.69. The molecule has 5 rings (SSSR count). The van der Waals surface area contributed by atoms with Crippen LogP contribution in [0.2, 0.25) is 0 Å². The molecular formula is C23H29N3O2S. The number of hydrogen-bond donors (Lipinski definition) is 0. The molecule has 29 heavy (non-hydrogen) atoms. The Hall–Kier alpha value is -1.92. The molecule has 1 amide bonds. The molecule has 5 nitrogen and oxygen atoms in total. The van der Waals surface area contributed by atoms with Crippen LogP contribution in [0.25, 0.3) is 0 Å². The molecule has 2 fully saturated rings. The summed E-state index contributed by atoms with van der Waals surface area (Å²) in [6, 6.07) is 6.31. The Morgan fingerprint density at radius 3 is 2.76 bits per heavy atom. The number of rotatable bonds is 5. The Balaban J connectivity index is 1.29. The predicted octanol–water partition coefficient (Wildman–Crippen LogP) is 3.08. The summed E-state index contributed by atoms with van der Waals surface area (Å²) < 4.78 is 2.03. The van der Waals surface area contributed by atoms with Gasteiger partial charge in [0, 0.05) is 49.8 Å². The van der Waals surface area contributed by atoms with E-state index in [1.165, 1.54) is 18.4 Å². The van der Waals surface area contributed by atoms with Gasteiger partial charge in [-0.15, -0.1) is 0 Å². The van der Waals surface area contributed by atoms with Crippen molar-refractivity contribution in [1.82, 2.24) is 14.4 Å². The fraction of sp³-hybridized carbons (Fsp3) is 0.565. The zero-order chi connectivity index (χ0) is 19.8. The molecule has 5 heterocycles. The van der Waals surface area contributed by atoms with Crippen LogP contribution >= 0.6 is 11.3 Å². The maximum absolute atomic E-state index is 13.1. The van der Waals surface area contributed by atoms with Crippen molar-refractivity contribution < 1.29 is 4.79 Å². The van der Waals surface area contributed by atoms with Crippen LogP contribution in [0.4, 0.5) is 0 Å². The largest absolute Gasteiger partial charge is 0.342 e. The number of thiophene rings is 1. The molecule has 2 aromatic heterocycles. The van der Waals surface area contributed by atoms with Gasteiger partial charge in [0.1, 0.15) is 0 Å². The summed E-state index contributed by atoms with van der Waals surface area (Å²) in [7, 11) is 0. The third-order valence-corrected chi connectivity index (χ3v) is 7.57. The average Bonchev–Trinajstić information content (AvgIpc) is 3.42. The number of carbonyl (C=O) groups is 1. The molecular weight excluding hydrogens is 382 g/mol. The van der Waals surface area contributed by atoms with Gasteiger partial charge < -0.3 is 9.47 Å². The normalized spacial score (nSPS) is 23.9. The Labute approximate surface area is 175 Å². The quantitative estimate of drug-likeness (QED) is 0.760. The third kappa shape index (κ3) is 3.92. The van der Waals surface area contributed by atoms with Crippen molar-refractivity contribution in [2.45, 2.75) is 51.1 Å². The Morgan fingerprint density at radius 1 is 1.10 bits per heavy atom. The van der Waals surface area contributed by atoms with E-state index >= 15 is 0 Å². The number of nitrogens with zero attached hydrogens (tertiary/aromatic N) is 3. The number of aromatic nitrogens is 1. The Bertz CT molecular complexity index is 930. The van der Waals surface area contributed by atoms with Gasteiger partial charge in [0.2, 0.25) is 5.91 Å². The highest BCUT2D eigenvalue weighted by atomic mass is 32.1. The van der Waals surface area contributed by atoms with E-state index in [-0.39, 0.29) is 11.5 Å². The highest BCUT2D eigenvalue weighted by molar-refractivity contribution is 7.07. The second-order valence-electron chi connectivity index (χ2n) is 8.91. The number of likely N-dealkylation sites (tertiary alicyclic amines) is 2. The van der Waals surface area contributed by atoms with Crippen LogP contribution in [0.15, 0.2) is 33.8 Å². The van der Waals surface area contributed by atoms with Gasteiger partial charge in [0.05, 0.1) is 0 Å². The minimum absolute atomic E-state index is 0.196. The van der Waals surface area contributed by atoms with E-state index in [1.807, 2.05) is 10.6 Å². The molecule has 2 atom stereocenters. The molecule has 0 radical (unpaired) electrons. The molecule has 154 valence electrons. The van der Waals surface area contributed by atoms with E-state index in [2.05, 4.69) is 32.7 Å². The lowest BCUT2D eigenvalue weighted by atomic mass is 9.82. The summed E-state index contributed by atoms with van der Waals surface area (Å²) in [6.45, 7) is 5.29. The van der Waals surface area contributed by atoms with Gasteiger partial charge in [-0.3, -0.25) is 14.5 Å². The maximum atomic E-state index is 13.1. The SMILES string of the molecule is O=C(CCc1ccsc1)N1C[C@@H]2C[C@H](C1)c1ccc(CN3CCCC3)c(=O)n1C2. The number of carbonyl (C=O) groups excluding carboxylic acids is 1. The van der Waals surface area contributed by atoms with E-state index < -0.39 is 0 Å². The van der Waals surface area contributed by atoms with Crippen molar-refractivity contribution >= 4 is 17.2 Å². The lowest BCUT2D eigenvalue weighted by Crippen LogP contribution is -2.49. The number of hydrogen-bond acceptors (Lipinski definition) is 4. The number of amides is 1. The van der Waals surface area contributed by atoms with Crippen molar-refractivity contribution in [3.8, 4) is 0 Å². The van der Waals surface area contributed by atoms with E-state index in [1.54, 1.807) is 11.3 Å². The fourth-order valence-corrected chi connectivity index (χ4v) is 6.04. The fourth-order valence-electron chi connectivity index (χ4n) is 5.34. The lowest BCUT2D eigenvalue weighted by molar-refractivity contribution is -0.133. The van der Waals surface area contributed by atoms with Crippen LogP contribution in [0.5, 0.6) is 0 Å². The van der Waals surface area contributed by atoms with Gasteiger partial charge in [-0.05, 0) is 73.1 Å². The first kappa shape index (κ1) is 19.1. The first-order valence-electron chi connectivity index (χ1n) is 10.9. The van der Waals surface area contributed by atoms with Gasteiger partial charge >= 0.3 is 0 Å². The Morgan fingerprint density at radius 2 is 1.97 bits per heavy atom. The molecule has 0 N–H and O–H groups in total. The molecule has 2 saturated heterocycles. The molecule has 2 aromatic rings. The van der Waals surface area contributed by atoms with Gasteiger partial charge in [-0.25, -0.2) is 0 Å². The van der Waals surface area contributed by atoms with Gasteiger partial charge in [-0.2, -0.15) is 11.3 Å². The molecule has 3 aliphatic heterocycles. The molecule has 0 aliphatic carbocycles. The summed E-state index contributed by atoms with van der Waals surface area (Å²) in [5.41, 5.74) is 3.51. The molecule has 0 aromatic carbocycles. The van der Waals surface area contributed by atoms with Crippen molar-refractivity contribution in [3.63, 3.8) is 0 Å². The highest BCUT2D eigenvalue weighted by Gasteiger charge is 2.36. The van der Waals surface area contributed by atoms with Crippen molar-refractivity contribution in [2.75, 3.05) is 26.2 Å². The minimum atomic E-state index is 0.196. The number of fused-ring (bicyclic) bond motifs is 4. The number of aryl methyl sites for hydroxylation is 1. The molecule has 0 unspecified atom stereocenters. The molecule has 6 heteroatoms. The van der Waals surface area contributed by atoms with Crippen molar-refractivity contribution in [3.05, 3.63) is 56.1 Å². The molecule has 2 bridgehead atoms. The summed E-state index contributed by atoms with van der Waals surface area (Å²) in [4.78, 5) is 30.4. The number of piperidine rings is 1. The van der Waals surface area contributed by atoms with Crippen LogP contribution in [0.3, 0.4) is 0 Å². The van der Waals surface area contributed by atoms with Crippen molar-refractivity contribution in [1.29, 1.82) is 0 Å². The zero-order valence-corrected chi connectivity index (χ0v) is 17.7. The van der Waals surface area contributed by atoms with Crippen LogP contribution in [0, 0.1) is 5.92 Å². The molecule has 3 aliphatic rings. The minimum Gasteiger partial charge on any atom is -0.342 e. The van der Waals surface area contributed by atoms with E-state index in [9.17, 15) is 9.59 Å². The zero-order valence-electron chi connectivity index (χ0n) is 16.9. The third-order valence-electron chi connectivity index (χ3n) is 6.84. The van der Waals surface area contributed by atoms with Gasteiger partial charge in [0.25, 0.3) is 5.56 Å². The summed E-state index contributed by atoms with van der Waals surface area (Å²) in [5, 5.41) is 4.19. The predicted molar refractivity (Wildman–Crippen MR) is 115 cm³/mol. The summed E-state index contributed by atoms with van der Waals surface area (Å²) in [5.74, 6) is 0.944. The topological polar surface area (TPSA) is 45.6 Å². The van der Waals surface area contributed by atoms with E-state index in [4.69, 9.17) is 0 Å². The van der Waals surface area contributed by atoms with Gasteiger partial charge in [-0.1, -0.05) is 6.07 Å². The standard InChI is InChI=1S/C23H29N3O2S/c27-22(6-3-17-7-10-29-16-17)25-12-18-11-20(15-25)21-5-4-19(23(28)26(21)13-18)14-24-8-1-2-9-24/h4-5,7,10,16,18,20H,1-3,6,8-9,11-15H2/t18-,20+/m0/s1. The summed E-state index contributed by atoms with van der Waals surface area (Å²) >= 11 is 1.68. The molecule has 0 spiro atoms. The van der Waals surface area contributed by atoms with Crippen LogP contribution in [-0.4, -0.2) is 46.5 Å². The monoisotopic (exact) mass is 411 g/mol. The highest BCUT2D eigenvalue weighted by Crippen LogP contribution is 2.35. The van der Waals surface area contributed by atoms with E-state index in [0.717, 1.165) is 63.4 Å².